The van der Waals surface area contributed by atoms with Gasteiger partial charge in [0, 0.05) is 32.7 Å². The molecule has 0 aliphatic carbocycles. The molecule has 1 aliphatic rings. The number of benzene rings is 1. The molecule has 1 aromatic carbocycles. The summed E-state index contributed by atoms with van der Waals surface area (Å²) in [6.45, 7) is 10.7. The van der Waals surface area contributed by atoms with Crippen molar-refractivity contribution in [3.05, 3.63) is 24.3 Å². The molecule has 1 aliphatic heterocycles. The molecule has 0 spiro atoms. The van der Waals surface area contributed by atoms with E-state index in [9.17, 15) is 0 Å². The van der Waals surface area contributed by atoms with E-state index < -0.39 is 0 Å². The average Bonchev–Trinajstić information content (AvgIpc) is 3.15. The number of anilines is 1. The van der Waals surface area contributed by atoms with Crippen molar-refractivity contribution >= 4 is 35.6 Å². The van der Waals surface area contributed by atoms with Crippen LogP contribution in [0.2, 0.25) is 0 Å². The van der Waals surface area contributed by atoms with E-state index in [1.165, 1.54) is 5.69 Å². The van der Waals surface area contributed by atoms with Crippen LogP contribution in [0.3, 0.4) is 0 Å². The molecule has 1 heterocycles. The van der Waals surface area contributed by atoms with Gasteiger partial charge in [-0.2, -0.15) is 0 Å². The number of hydrogen-bond donors (Lipinski definition) is 2. The zero-order valence-electron chi connectivity index (χ0n) is 17.2. The summed E-state index contributed by atoms with van der Waals surface area (Å²) in [7, 11) is 3.57. The number of ether oxygens (including phenoxy) is 1. The van der Waals surface area contributed by atoms with Crippen molar-refractivity contribution in [2.24, 2.45) is 4.99 Å². The minimum Gasteiger partial charge on any atom is -0.495 e. The molecule has 1 saturated heterocycles. The predicted octanol–water partition coefficient (Wildman–Crippen LogP) is 2.79. The van der Waals surface area contributed by atoms with Gasteiger partial charge >= 0.3 is 0 Å². The van der Waals surface area contributed by atoms with Gasteiger partial charge in [-0.25, -0.2) is 0 Å². The molecule has 27 heavy (non-hydrogen) atoms. The number of methoxy groups -OCH3 is 1. The Bertz CT molecular complexity index is 565. The second kappa shape index (κ2) is 13.0. The van der Waals surface area contributed by atoms with Crippen LogP contribution >= 0.6 is 24.0 Å². The third-order valence-corrected chi connectivity index (χ3v) is 5.02. The number of para-hydroxylation sites is 2. The highest BCUT2D eigenvalue weighted by atomic mass is 127. The van der Waals surface area contributed by atoms with Gasteiger partial charge in [-0.1, -0.05) is 26.0 Å². The molecule has 1 atom stereocenters. The van der Waals surface area contributed by atoms with Crippen molar-refractivity contribution in [2.45, 2.75) is 32.7 Å². The lowest BCUT2D eigenvalue weighted by molar-refractivity contribution is 0.300. The molecule has 154 valence electrons. The van der Waals surface area contributed by atoms with Gasteiger partial charge in [0.15, 0.2) is 5.96 Å². The Morgan fingerprint density at radius 1 is 1.30 bits per heavy atom. The summed E-state index contributed by atoms with van der Waals surface area (Å²) in [5.74, 6) is 1.84. The SMILES string of the molecule is CCN(CC)CCCNC(=NC)NC1CCN(c2ccccc2OC)C1.I. The van der Waals surface area contributed by atoms with Gasteiger partial charge in [-0.15, -0.1) is 24.0 Å². The molecular formula is C20H36IN5O. The largest absolute Gasteiger partial charge is 0.495 e. The Balaban J connectivity index is 0.00000364. The van der Waals surface area contributed by atoms with Crippen LogP contribution in [-0.2, 0) is 0 Å². The first-order valence-corrected chi connectivity index (χ1v) is 9.79. The summed E-state index contributed by atoms with van der Waals surface area (Å²) in [4.78, 5) is 9.20. The van der Waals surface area contributed by atoms with Crippen LogP contribution in [0.15, 0.2) is 29.3 Å². The molecule has 2 N–H and O–H groups in total. The highest BCUT2D eigenvalue weighted by Crippen LogP contribution is 2.30. The maximum Gasteiger partial charge on any atom is 0.191 e. The molecule has 0 amide bonds. The van der Waals surface area contributed by atoms with Gasteiger partial charge in [0.1, 0.15) is 5.75 Å². The Labute approximate surface area is 181 Å². The van der Waals surface area contributed by atoms with Crippen molar-refractivity contribution in [3.63, 3.8) is 0 Å². The first-order chi connectivity index (χ1) is 12.7. The zero-order valence-corrected chi connectivity index (χ0v) is 19.5. The van der Waals surface area contributed by atoms with Crippen LogP contribution in [0.4, 0.5) is 5.69 Å². The lowest BCUT2D eigenvalue weighted by Gasteiger charge is -2.22. The lowest BCUT2D eigenvalue weighted by atomic mass is 10.2. The fourth-order valence-electron chi connectivity index (χ4n) is 3.43. The molecule has 0 aromatic heterocycles. The fraction of sp³-hybridized carbons (Fsp3) is 0.650. The topological polar surface area (TPSA) is 52.1 Å². The molecule has 1 unspecified atom stereocenters. The van der Waals surface area contributed by atoms with Crippen molar-refractivity contribution in [3.8, 4) is 5.75 Å². The number of aliphatic imine (C=N–C) groups is 1. The Morgan fingerprint density at radius 3 is 2.70 bits per heavy atom. The fourth-order valence-corrected chi connectivity index (χ4v) is 3.43. The second-order valence-corrected chi connectivity index (χ2v) is 6.63. The highest BCUT2D eigenvalue weighted by Gasteiger charge is 2.25. The average molecular weight is 489 g/mol. The number of nitrogens with one attached hydrogen (secondary N) is 2. The molecule has 6 nitrogen and oxygen atoms in total. The Kier molecular flexibility index (Phi) is 11.5. The highest BCUT2D eigenvalue weighted by molar-refractivity contribution is 14.0. The van der Waals surface area contributed by atoms with E-state index in [2.05, 4.69) is 51.4 Å². The third-order valence-electron chi connectivity index (χ3n) is 5.02. The van der Waals surface area contributed by atoms with Crippen LogP contribution in [-0.4, -0.2) is 70.3 Å². The lowest BCUT2D eigenvalue weighted by Crippen LogP contribution is -2.45. The normalized spacial score (nSPS) is 17.0. The number of halogens is 1. The smallest absolute Gasteiger partial charge is 0.191 e. The molecule has 0 saturated carbocycles. The first kappa shape index (κ1) is 23.8. The molecule has 0 radical (unpaired) electrons. The minimum atomic E-state index is 0. The van der Waals surface area contributed by atoms with E-state index >= 15 is 0 Å². The van der Waals surface area contributed by atoms with Crippen molar-refractivity contribution in [1.82, 2.24) is 15.5 Å². The quantitative estimate of drug-likeness (QED) is 0.242. The van der Waals surface area contributed by atoms with E-state index in [0.717, 1.165) is 63.8 Å². The first-order valence-electron chi connectivity index (χ1n) is 9.79. The van der Waals surface area contributed by atoms with Gasteiger partial charge in [0.05, 0.1) is 12.8 Å². The number of hydrogen-bond acceptors (Lipinski definition) is 4. The van der Waals surface area contributed by atoms with Crippen molar-refractivity contribution in [1.29, 1.82) is 0 Å². The van der Waals surface area contributed by atoms with Crippen LogP contribution in [0, 0.1) is 0 Å². The zero-order chi connectivity index (χ0) is 18.8. The predicted molar refractivity (Wildman–Crippen MR) is 126 cm³/mol. The van der Waals surface area contributed by atoms with E-state index in [1.807, 2.05) is 19.2 Å². The molecule has 7 heteroatoms. The summed E-state index contributed by atoms with van der Waals surface area (Å²) in [5, 5.41) is 7.01. The molecular weight excluding hydrogens is 453 g/mol. The number of guanidine groups is 1. The summed E-state index contributed by atoms with van der Waals surface area (Å²) in [5.41, 5.74) is 1.17. The van der Waals surface area contributed by atoms with E-state index in [4.69, 9.17) is 4.74 Å². The maximum absolute atomic E-state index is 5.50. The van der Waals surface area contributed by atoms with Gasteiger partial charge in [-0.3, -0.25) is 4.99 Å². The van der Waals surface area contributed by atoms with Gasteiger partial charge in [0.25, 0.3) is 0 Å². The van der Waals surface area contributed by atoms with Crippen molar-refractivity contribution in [2.75, 3.05) is 58.3 Å². The third kappa shape index (κ3) is 7.37. The standard InChI is InChI=1S/C20H35N5O.HI/c1-5-24(6-2)14-9-13-22-20(21-3)23-17-12-15-25(16-17)18-10-7-8-11-19(18)26-4;/h7-8,10-11,17H,5-6,9,12-16H2,1-4H3,(H2,21,22,23);1H. The minimum absolute atomic E-state index is 0. The molecule has 1 aromatic rings. The molecule has 0 bridgehead atoms. The van der Waals surface area contributed by atoms with Gasteiger partial charge in [0.2, 0.25) is 0 Å². The maximum atomic E-state index is 5.50. The van der Waals surface area contributed by atoms with Crippen molar-refractivity contribution < 1.29 is 4.74 Å². The number of nitrogens with zero attached hydrogens (tertiary/aromatic N) is 3. The van der Waals surface area contributed by atoms with E-state index in [-0.39, 0.29) is 24.0 Å². The molecule has 2 rings (SSSR count). The summed E-state index contributed by atoms with van der Waals surface area (Å²) < 4.78 is 5.50. The summed E-state index contributed by atoms with van der Waals surface area (Å²) in [6.07, 6.45) is 2.22. The molecule has 1 fully saturated rings. The van der Waals surface area contributed by atoms with Crippen LogP contribution in [0.25, 0.3) is 0 Å². The summed E-state index contributed by atoms with van der Waals surface area (Å²) in [6, 6.07) is 8.62. The Hall–Kier alpha value is -1.22. The second-order valence-electron chi connectivity index (χ2n) is 6.63. The van der Waals surface area contributed by atoms with Crippen LogP contribution in [0.1, 0.15) is 26.7 Å². The van der Waals surface area contributed by atoms with E-state index in [0.29, 0.717) is 6.04 Å². The Morgan fingerprint density at radius 2 is 2.04 bits per heavy atom. The van der Waals surface area contributed by atoms with Gasteiger partial charge < -0.3 is 25.2 Å². The van der Waals surface area contributed by atoms with Crippen LogP contribution < -0.4 is 20.3 Å². The monoisotopic (exact) mass is 489 g/mol. The van der Waals surface area contributed by atoms with E-state index in [1.54, 1.807) is 7.11 Å². The van der Waals surface area contributed by atoms with Gasteiger partial charge in [-0.05, 0) is 44.6 Å². The van der Waals surface area contributed by atoms with Crippen LogP contribution in [0.5, 0.6) is 5.75 Å². The number of rotatable bonds is 9. The summed E-state index contributed by atoms with van der Waals surface area (Å²) >= 11 is 0.